The molecule has 1 N–H and O–H groups in total. The number of hydrogen-bond acceptors (Lipinski definition) is 3. The number of benzene rings is 2. The summed E-state index contributed by atoms with van der Waals surface area (Å²) in [6.07, 6.45) is 5.21. The molecule has 4 aromatic rings. The maximum Gasteiger partial charge on any atom is 0.295 e. The van der Waals surface area contributed by atoms with Crippen LogP contribution in [-0.4, -0.2) is 24.8 Å². The quantitative estimate of drug-likeness (QED) is 0.598. The van der Waals surface area contributed by atoms with Gasteiger partial charge in [-0.15, -0.1) is 0 Å². The molecular formula is C21H19N5O2. The lowest BCUT2D eigenvalue weighted by atomic mass is 10.2. The minimum atomic E-state index is -0.330. The van der Waals surface area contributed by atoms with Gasteiger partial charge in [-0.3, -0.25) is 14.3 Å². The fourth-order valence-corrected chi connectivity index (χ4v) is 3.09. The molecule has 0 aliphatic heterocycles. The summed E-state index contributed by atoms with van der Waals surface area (Å²) in [7, 11) is 1.79. The summed E-state index contributed by atoms with van der Waals surface area (Å²) in [6, 6.07) is 16.4. The van der Waals surface area contributed by atoms with Gasteiger partial charge in [0, 0.05) is 30.7 Å². The highest BCUT2D eigenvalue weighted by molar-refractivity contribution is 6.04. The van der Waals surface area contributed by atoms with Gasteiger partial charge in [0.1, 0.15) is 5.69 Å². The number of nitrogens with zero attached hydrogens (tertiary/aromatic N) is 4. The number of imidazole rings is 1. The highest BCUT2D eigenvalue weighted by atomic mass is 16.2. The van der Waals surface area contributed by atoms with E-state index in [0.717, 1.165) is 11.4 Å². The topological polar surface area (TPSA) is 73.8 Å². The summed E-state index contributed by atoms with van der Waals surface area (Å²) in [6.45, 7) is 1.80. The number of rotatable bonds is 4. The molecule has 0 atom stereocenters. The van der Waals surface area contributed by atoms with Crippen LogP contribution in [0.5, 0.6) is 0 Å². The van der Waals surface area contributed by atoms with Gasteiger partial charge in [0.25, 0.3) is 11.5 Å². The maximum atomic E-state index is 12.9. The average Bonchev–Trinajstić information content (AvgIpc) is 3.33. The summed E-state index contributed by atoms with van der Waals surface area (Å²) in [4.78, 5) is 29.6. The van der Waals surface area contributed by atoms with Crippen LogP contribution < -0.4 is 10.9 Å². The second-order valence-corrected chi connectivity index (χ2v) is 6.41. The van der Waals surface area contributed by atoms with E-state index in [-0.39, 0.29) is 17.2 Å². The Balaban J connectivity index is 1.63. The fourth-order valence-electron chi connectivity index (χ4n) is 3.09. The van der Waals surface area contributed by atoms with Crippen molar-refractivity contribution in [3.05, 3.63) is 94.9 Å². The van der Waals surface area contributed by atoms with Crippen molar-refractivity contribution in [2.75, 3.05) is 5.32 Å². The Morgan fingerprint density at radius 2 is 1.71 bits per heavy atom. The number of hydrogen-bond donors (Lipinski definition) is 1. The summed E-state index contributed by atoms with van der Waals surface area (Å²) < 4.78 is 5.12. The zero-order chi connectivity index (χ0) is 19.7. The normalized spacial score (nSPS) is 10.8. The molecule has 2 aromatic heterocycles. The molecule has 7 heteroatoms. The average molecular weight is 373 g/mol. The van der Waals surface area contributed by atoms with Crippen LogP contribution in [0.2, 0.25) is 0 Å². The van der Waals surface area contributed by atoms with E-state index >= 15 is 0 Å². The SMILES string of the molecule is Cc1c(NC(=O)c2ccc(-n3ccnc3)cc2)c(=O)n(-c2ccccc2)n1C. The van der Waals surface area contributed by atoms with Gasteiger partial charge in [0.15, 0.2) is 0 Å². The van der Waals surface area contributed by atoms with E-state index in [1.807, 2.05) is 53.2 Å². The van der Waals surface area contributed by atoms with E-state index in [1.54, 1.807) is 43.3 Å². The first kappa shape index (κ1) is 17.5. The molecule has 0 saturated carbocycles. The molecule has 0 aliphatic rings. The number of aromatic nitrogens is 4. The fraction of sp³-hybridized carbons (Fsp3) is 0.0952. The van der Waals surface area contributed by atoms with E-state index in [0.29, 0.717) is 11.3 Å². The third-order valence-electron chi connectivity index (χ3n) is 4.72. The molecule has 0 aliphatic carbocycles. The van der Waals surface area contributed by atoms with Crippen molar-refractivity contribution in [3.8, 4) is 11.4 Å². The zero-order valence-corrected chi connectivity index (χ0v) is 15.5. The number of amides is 1. The molecule has 28 heavy (non-hydrogen) atoms. The van der Waals surface area contributed by atoms with Crippen LogP contribution in [0.3, 0.4) is 0 Å². The number of nitrogens with one attached hydrogen (secondary N) is 1. The van der Waals surface area contributed by atoms with Gasteiger partial charge >= 0.3 is 0 Å². The molecule has 0 bridgehead atoms. The Morgan fingerprint density at radius 3 is 2.36 bits per heavy atom. The largest absolute Gasteiger partial charge is 0.316 e. The van der Waals surface area contributed by atoms with Gasteiger partial charge in [0.2, 0.25) is 0 Å². The van der Waals surface area contributed by atoms with Crippen molar-refractivity contribution >= 4 is 11.6 Å². The highest BCUT2D eigenvalue weighted by Gasteiger charge is 2.18. The molecule has 0 spiro atoms. The van der Waals surface area contributed by atoms with Crippen LogP contribution >= 0.6 is 0 Å². The second-order valence-electron chi connectivity index (χ2n) is 6.41. The van der Waals surface area contributed by atoms with Gasteiger partial charge in [-0.1, -0.05) is 18.2 Å². The van der Waals surface area contributed by atoms with E-state index in [4.69, 9.17) is 0 Å². The van der Waals surface area contributed by atoms with Gasteiger partial charge in [-0.05, 0) is 43.3 Å². The Kier molecular flexibility index (Phi) is 4.41. The first-order chi connectivity index (χ1) is 13.6. The van der Waals surface area contributed by atoms with Gasteiger partial charge in [-0.2, -0.15) is 0 Å². The van der Waals surface area contributed by atoms with Crippen LogP contribution in [0.15, 0.2) is 78.1 Å². The molecule has 0 saturated heterocycles. The van der Waals surface area contributed by atoms with Gasteiger partial charge < -0.3 is 9.88 Å². The van der Waals surface area contributed by atoms with E-state index in [9.17, 15) is 9.59 Å². The molecule has 4 rings (SSSR count). The molecular weight excluding hydrogens is 354 g/mol. The lowest BCUT2D eigenvalue weighted by Gasteiger charge is -2.07. The lowest BCUT2D eigenvalue weighted by Crippen LogP contribution is -2.22. The molecule has 1 amide bonds. The Hall–Kier alpha value is -3.87. The number of carbonyl (C=O) groups excluding carboxylic acids is 1. The predicted molar refractivity (Wildman–Crippen MR) is 107 cm³/mol. The van der Waals surface area contributed by atoms with Crippen LogP contribution in [0, 0.1) is 6.92 Å². The number of para-hydroxylation sites is 1. The highest BCUT2D eigenvalue weighted by Crippen LogP contribution is 2.16. The van der Waals surface area contributed by atoms with Crippen molar-refractivity contribution in [2.45, 2.75) is 6.92 Å². The van der Waals surface area contributed by atoms with Crippen LogP contribution in [-0.2, 0) is 7.05 Å². The molecule has 0 fully saturated rings. The van der Waals surface area contributed by atoms with Crippen molar-refractivity contribution in [3.63, 3.8) is 0 Å². The molecule has 140 valence electrons. The maximum absolute atomic E-state index is 12.9. The summed E-state index contributed by atoms with van der Waals surface area (Å²) >= 11 is 0. The molecule has 2 aromatic carbocycles. The first-order valence-electron chi connectivity index (χ1n) is 8.80. The zero-order valence-electron chi connectivity index (χ0n) is 15.5. The minimum absolute atomic E-state index is 0.269. The van der Waals surface area contributed by atoms with Crippen molar-refractivity contribution in [1.29, 1.82) is 0 Å². The predicted octanol–water partition coefficient (Wildman–Crippen LogP) is 2.92. The van der Waals surface area contributed by atoms with E-state index in [2.05, 4.69) is 10.3 Å². The Bertz CT molecular complexity index is 1170. The summed E-state index contributed by atoms with van der Waals surface area (Å²) in [5, 5.41) is 2.77. The third-order valence-corrected chi connectivity index (χ3v) is 4.72. The van der Waals surface area contributed by atoms with E-state index < -0.39 is 0 Å². The summed E-state index contributed by atoms with van der Waals surface area (Å²) in [5.41, 5.74) is 2.79. The third kappa shape index (κ3) is 3.03. The number of carbonyl (C=O) groups is 1. The standard InChI is InChI=1S/C21H19N5O2/c1-15-19(21(28)26(24(15)2)18-6-4-3-5-7-18)23-20(27)16-8-10-17(11-9-16)25-13-12-22-14-25/h3-14H,1-2H3,(H,23,27). The summed E-state index contributed by atoms with van der Waals surface area (Å²) in [5.74, 6) is -0.330. The van der Waals surface area contributed by atoms with Crippen LogP contribution in [0.1, 0.15) is 16.1 Å². The van der Waals surface area contributed by atoms with Crippen LogP contribution in [0.25, 0.3) is 11.4 Å². The van der Waals surface area contributed by atoms with E-state index in [1.165, 1.54) is 4.68 Å². The Morgan fingerprint density at radius 1 is 1.00 bits per heavy atom. The lowest BCUT2D eigenvalue weighted by molar-refractivity contribution is 0.102. The van der Waals surface area contributed by atoms with Gasteiger partial charge in [-0.25, -0.2) is 9.67 Å². The Labute approximate surface area is 161 Å². The van der Waals surface area contributed by atoms with Crippen molar-refractivity contribution < 1.29 is 4.79 Å². The molecule has 0 radical (unpaired) electrons. The molecule has 2 heterocycles. The number of anilines is 1. The molecule has 7 nitrogen and oxygen atoms in total. The van der Waals surface area contributed by atoms with Gasteiger partial charge in [0.05, 0.1) is 17.7 Å². The smallest absolute Gasteiger partial charge is 0.295 e. The molecule has 0 unspecified atom stereocenters. The monoisotopic (exact) mass is 373 g/mol. The van der Waals surface area contributed by atoms with Crippen molar-refractivity contribution in [2.24, 2.45) is 7.05 Å². The van der Waals surface area contributed by atoms with Crippen LogP contribution in [0.4, 0.5) is 5.69 Å². The van der Waals surface area contributed by atoms with Crippen molar-refractivity contribution in [1.82, 2.24) is 18.9 Å². The first-order valence-corrected chi connectivity index (χ1v) is 8.80. The second kappa shape index (κ2) is 7.03. The minimum Gasteiger partial charge on any atom is -0.316 e.